The van der Waals surface area contributed by atoms with Crippen LogP contribution in [0.2, 0.25) is 5.02 Å². The van der Waals surface area contributed by atoms with Crippen LogP contribution in [0.4, 0.5) is 0 Å². The van der Waals surface area contributed by atoms with Gasteiger partial charge in [0.25, 0.3) is 0 Å². The molecule has 0 nitrogen and oxygen atoms in total. The van der Waals surface area contributed by atoms with E-state index in [0.29, 0.717) is 0 Å². The second kappa shape index (κ2) is 3.02. The average Bonchev–Trinajstić information content (AvgIpc) is 2.29. The normalized spacial score (nSPS) is 10.9. The average molecular weight is 262 g/mol. The van der Waals surface area contributed by atoms with E-state index in [2.05, 4.69) is 35.0 Å². The molecule has 0 saturated carbocycles. The minimum absolute atomic E-state index is 0.831. The van der Waals surface area contributed by atoms with E-state index in [4.69, 9.17) is 11.6 Å². The second-order valence-electron chi connectivity index (χ2n) is 2.66. The van der Waals surface area contributed by atoms with Crippen LogP contribution in [0.1, 0.15) is 4.88 Å². The molecule has 0 amide bonds. The van der Waals surface area contributed by atoms with E-state index in [-0.39, 0.29) is 0 Å². The maximum absolute atomic E-state index is 6.06. The monoisotopic (exact) mass is 260 g/mol. The van der Waals surface area contributed by atoms with Gasteiger partial charge >= 0.3 is 0 Å². The molecule has 62 valence electrons. The number of hydrogen-bond acceptors (Lipinski definition) is 1. The predicted octanol–water partition coefficient (Wildman–Crippen LogP) is 4.63. The highest BCUT2D eigenvalue weighted by molar-refractivity contribution is 9.10. The molecular formula is C9H6BrClS. The molecule has 0 fully saturated rings. The zero-order valence-corrected chi connectivity index (χ0v) is 9.55. The van der Waals surface area contributed by atoms with Gasteiger partial charge in [0.05, 0.1) is 9.72 Å². The molecule has 0 aliphatic rings. The number of benzene rings is 1. The van der Waals surface area contributed by atoms with Crippen LogP contribution in [0.3, 0.4) is 0 Å². The highest BCUT2D eigenvalue weighted by Gasteiger charge is 2.03. The van der Waals surface area contributed by atoms with E-state index < -0.39 is 0 Å². The first-order valence-corrected chi connectivity index (χ1v) is 5.51. The Morgan fingerprint density at radius 3 is 2.83 bits per heavy atom. The Morgan fingerprint density at radius 1 is 1.33 bits per heavy atom. The van der Waals surface area contributed by atoms with Gasteiger partial charge in [-0.1, -0.05) is 27.5 Å². The van der Waals surface area contributed by atoms with Crippen molar-refractivity contribution in [1.29, 1.82) is 0 Å². The molecule has 0 aliphatic heterocycles. The molecule has 3 heteroatoms. The van der Waals surface area contributed by atoms with E-state index in [0.717, 1.165) is 9.50 Å². The van der Waals surface area contributed by atoms with Crippen LogP contribution in [-0.4, -0.2) is 0 Å². The summed E-state index contributed by atoms with van der Waals surface area (Å²) in [6.07, 6.45) is 0. The maximum atomic E-state index is 6.06. The Hall–Kier alpha value is -0.0500. The number of hydrogen-bond donors (Lipinski definition) is 0. The first kappa shape index (κ1) is 8.54. The maximum Gasteiger partial charge on any atom is 0.0595 e. The van der Waals surface area contributed by atoms with Crippen LogP contribution < -0.4 is 0 Å². The molecule has 1 aromatic carbocycles. The number of fused-ring (bicyclic) bond motifs is 1. The zero-order chi connectivity index (χ0) is 8.72. The molecule has 0 atom stereocenters. The van der Waals surface area contributed by atoms with Gasteiger partial charge in [0, 0.05) is 9.35 Å². The largest absolute Gasteiger partial charge is 0.139 e. The Morgan fingerprint density at radius 2 is 2.08 bits per heavy atom. The molecule has 1 aromatic heterocycles. The zero-order valence-electron chi connectivity index (χ0n) is 6.40. The van der Waals surface area contributed by atoms with Crippen molar-refractivity contribution in [2.24, 2.45) is 0 Å². The molecule has 0 unspecified atom stereocenters. The molecule has 2 aromatic rings. The number of halogens is 2. The molecular weight excluding hydrogens is 256 g/mol. The van der Waals surface area contributed by atoms with Gasteiger partial charge in [-0.3, -0.25) is 0 Å². The Bertz CT molecular complexity index is 433. The molecule has 1 heterocycles. The summed E-state index contributed by atoms with van der Waals surface area (Å²) in [5, 5.41) is 2.05. The van der Waals surface area contributed by atoms with Gasteiger partial charge < -0.3 is 0 Å². The van der Waals surface area contributed by atoms with Crippen molar-refractivity contribution >= 4 is 49.0 Å². The third kappa shape index (κ3) is 1.39. The fraction of sp³-hybridized carbons (Fsp3) is 0.111. The number of rotatable bonds is 0. The fourth-order valence-electron chi connectivity index (χ4n) is 1.20. The molecule has 0 spiro atoms. The summed E-state index contributed by atoms with van der Waals surface area (Å²) in [6.45, 7) is 2.09. The summed E-state index contributed by atoms with van der Waals surface area (Å²) >= 11 is 11.2. The van der Waals surface area contributed by atoms with Crippen molar-refractivity contribution in [3.05, 3.63) is 32.6 Å². The Balaban J connectivity index is 2.88. The Labute approximate surface area is 88.3 Å². The lowest BCUT2D eigenvalue weighted by Gasteiger charge is -1.93. The fourth-order valence-corrected chi connectivity index (χ4v) is 3.05. The quantitative estimate of drug-likeness (QED) is 0.649. The van der Waals surface area contributed by atoms with E-state index >= 15 is 0 Å². The van der Waals surface area contributed by atoms with Gasteiger partial charge in [-0.25, -0.2) is 0 Å². The van der Waals surface area contributed by atoms with Crippen LogP contribution in [0.25, 0.3) is 10.1 Å². The molecule has 2 rings (SSSR count). The third-order valence-corrected chi connectivity index (χ3v) is 3.63. The smallest absolute Gasteiger partial charge is 0.0595 e. The molecule has 0 bridgehead atoms. The van der Waals surface area contributed by atoms with Crippen molar-refractivity contribution in [1.82, 2.24) is 0 Å². The van der Waals surface area contributed by atoms with Crippen LogP contribution in [0.15, 0.2) is 22.7 Å². The second-order valence-corrected chi connectivity index (χ2v) is 5.24. The number of aryl methyl sites for hydroxylation is 1. The third-order valence-electron chi connectivity index (χ3n) is 1.66. The van der Waals surface area contributed by atoms with Crippen molar-refractivity contribution in [3.63, 3.8) is 0 Å². The van der Waals surface area contributed by atoms with Crippen LogP contribution in [-0.2, 0) is 0 Å². The van der Waals surface area contributed by atoms with Gasteiger partial charge in [-0.2, -0.15) is 0 Å². The summed E-state index contributed by atoms with van der Waals surface area (Å²) < 4.78 is 2.22. The van der Waals surface area contributed by atoms with Gasteiger partial charge in [-0.15, -0.1) is 11.3 Å². The predicted molar refractivity (Wildman–Crippen MR) is 59.3 cm³/mol. The number of thiophene rings is 1. The van der Waals surface area contributed by atoms with Gasteiger partial charge in [0.15, 0.2) is 0 Å². The summed E-state index contributed by atoms with van der Waals surface area (Å²) in [5.74, 6) is 0. The first-order valence-electron chi connectivity index (χ1n) is 3.52. The summed E-state index contributed by atoms with van der Waals surface area (Å²) in [6, 6.07) is 6.17. The molecule has 0 aliphatic carbocycles. The molecule has 12 heavy (non-hydrogen) atoms. The van der Waals surface area contributed by atoms with E-state index in [1.54, 1.807) is 11.3 Å². The Kier molecular flexibility index (Phi) is 2.15. The van der Waals surface area contributed by atoms with E-state index in [1.165, 1.54) is 15.0 Å². The summed E-state index contributed by atoms with van der Waals surface area (Å²) in [4.78, 5) is 1.30. The summed E-state index contributed by atoms with van der Waals surface area (Å²) in [5.41, 5.74) is 0. The minimum Gasteiger partial charge on any atom is -0.139 e. The lowest BCUT2D eigenvalue weighted by atomic mass is 10.2. The van der Waals surface area contributed by atoms with E-state index in [1.807, 2.05) is 6.07 Å². The van der Waals surface area contributed by atoms with Crippen molar-refractivity contribution < 1.29 is 0 Å². The highest BCUT2D eigenvalue weighted by atomic mass is 79.9. The first-order chi connectivity index (χ1) is 5.66. The molecule has 0 saturated heterocycles. The SMILES string of the molecule is Cc1cc2cc(Br)cc(Cl)c2s1. The molecule has 0 radical (unpaired) electrons. The standard InChI is InChI=1S/C9H6BrClS/c1-5-2-6-3-7(10)4-8(11)9(6)12-5/h2-4H,1H3. The summed E-state index contributed by atoms with van der Waals surface area (Å²) in [7, 11) is 0. The van der Waals surface area contributed by atoms with Crippen molar-refractivity contribution in [3.8, 4) is 0 Å². The topological polar surface area (TPSA) is 0 Å². The molecule has 0 N–H and O–H groups in total. The van der Waals surface area contributed by atoms with Gasteiger partial charge in [0.1, 0.15) is 0 Å². The van der Waals surface area contributed by atoms with Gasteiger partial charge in [0.2, 0.25) is 0 Å². The van der Waals surface area contributed by atoms with Crippen LogP contribution in [0, 0.1) is 6.92 Å². The van der Waals surface area contributed by atoms with Crippen molar-refractivity contribution in [2.75, 3.05) is 0 Å². The van der Waals surface area contributed by atoms with E-state index in [9.17, 15) is 0 Å². The highest BCUT2D eigenvalue weighted by Crippen LogP contribution is 2.34. The lowest BCUT2D eigenvalue weighted by Crippen LogP contribution is -1.66. The van der Waals surface area contributed by atoms with Crippen LogP contribution in [0.5, 0.6) is 0 Å². The van der Waals surface area contributed by atoms with Crippen molar-refractivity contribution in [2.45, 2.75) is 6.92 Å². The lowest BCUT2D eigenvalue weighted by molar-refractivity contribution is 1.65. The van der Waals surface area contributed by atoms with Crippen LogP contribution >= 0.6 is 38.9 Å². The van der Waals surface area contributed by atoms with Gasteiger partial charge in [-0.05, 0) is 30.5 Å². The minimum atomic E-state index is 0.831.